The molecule has 288 valence electrons. The number of rotatable bonds is 7. The van der Waals surface area contributed by atoms with Crippen molar-refractivity contribution in [2.24, 2.45) is 15.0 Å². The maximum absolute atomic E-state index is 5.25. The SMILES string of the molecule is C=N/C(=N\C(=N/Cc1ccc(-n2c3ccc4ccccc4c3c3cccc(-c4ccccc4)c32)cc1)c1ccc2c3ccccc3n(-c3ccccc3)c2c1)c1ccccc1. The molecule has 0 saturated heterocycles. The van der Waals surface area contributed by atoms with E-state index in [1.807, 2.05) is 30.3 Å². The lowest BCUT2D eigenvalue weighted by Gasteiger charge is -2.12. The molecule has 11 aromatic rings. The van der Waals surface area contributed by atoms with Crippen molar-refractivity contribution < 1.29 is 0 Å². The van der Waals surface area contributed by atoms with Crippen molar-refractivity contribution in [2.45, 2.75) is 6.54 Å². The van der Waals surface area contributed by atoms with Crippen LogP contribution in [0.4, 0.5) is 0 Å². The summed E-state index contributed by atoms with van der Waals surface area (Å²) in [7, 11) is 0. The Balaban J connectivity index is 1.04. The molecule has 0 aliphatic carbocycles. The van der Waals surface area contributed by atoms with Crippen molar-refractivity contribution in [3.8, 4) is 22.5 Å². The smallest absolute Gasteiger partial charge is 0.161 e. The lowest BCUT2D eigenvalue weighted by molar-refractivity contribution is 1.05. The van der Waals surface area contributed by atoms with Crippen molar-refractivity contribution in [3.63, 3.8) is 0 Å². The van der Waals surface area contributed by atoms with Gasteiger partial charge in [-0.3, -0.25) is 4.99 Å². The van der Waals surface area contributed by atoms with E-state index in [-0.39, 0.29) is 0 Å². The van der Waals surface area contributed by atoms with Gasteiger partial charge in [-0.1, -0.05) is 170 Å². The quantitative estimate of drug-likeness (QED) is 0.114. The Hall–Kier alpha value is -8.15. The van der Waals surface area contributed by atoms with Gasteiger partial charge in [-0.15, -0.1) is 0 Å². The van der Waals surface area contributed by atoms with Gasteiger partial charge in [-0.05, 0) is 71.1 Å². The molecule has 0 spiro atoms. The molecule has 5 nitrogen and oxygen atoms in total. The monoisotopic (exact) mass is 781 g/mol. The predicted octanol–water partition coefficient (Wildman–Crippen LogP) is 13.8. The molecule has 11 rings (SSSR count). The van der Waals surface area contributed by atoms with Gasteiger partial charge in [0.15, 0.2) is 11.7 Å². The maximum Gasteiger partial charge on any atom is 0.161 e. The summed E-state index contributed by atoms with van der Waals surface area (Å²) in [5.41, 5.74) is 12.0. The zero-order valence-electron chi connectivity index (χ0n) is 33.4. The molecule has 0 N–H and O–H groups in total. The molecule has 0 radical (unpaired) electrons. The van der Waals surface area contributed by atoms with Crippen LogP contribution >= 0.6 is 0 Å². The van der Waals surface area contributed by atoms with Crippen LogP contribution in [0.2, 0.25) is 0 Å². The molecule has 0 aliphatic heterocycles. The van der Waals surface area contributed by atoms with Crippen molar-refractivity contribution >= 4 is 72.8 Å². The third-order valence-corrected chi connectivity index (χ3v) is 11.7. The van der Waals surface area contributed by atoms with Crippen LogP contribution < -0.4 is 0 Å². The topological polar surface area (TPSA) is 46.9 Å². The third kappa shape index (κ3) is 6.31. The summed E-state index contributed by atoms with van der Waals surface area (Å²) >= 11 is 0. The van der Waals surface area contributed by atoms with Crippen LogP contribution in [-0.2, 0) is 6.54 Å². The van der Waals surface area contributed by atoms with Crippen LogP contribution in [-0.4, -0.2) is 27.5 Å². The summed E-state index contributed by atoms with van der Waals surface area (Å²) < 4.78 is 4.74. The van der Waals surface area contributed by atoms with Crippen LogP contribution in [0.1, 0.15) is 16.7 Å². The van der Waals surface area contributed by atoms with E-state index >= 15 is 0 Å². The van der Waals surface area contributed by atoms with Crippen molar-refractivity contribution in [2.75, 3.05) is 0 Å². The van der Waals surface area contributed by atoms with Gasteiger partial charge in [-0.2, -0.15) is 0 Å². The van der Waals surface area contributed by atoms with E-state index in [1.54, 1.807) is 0 Å². The number of aliphatic imine (C=N–C) groups is 3. The molecule has 2 aromatic heterocycles. The summed E-state index contributed by atoms with van der Waals surface area (Å²) in [4.78, 5) is 14.8. The Morgan fingerprint density at radius 1 is 0.443 bits per heavy atom. The number of para-hydroxylation sites is 3. The van der Waals surface area contributed by atoms with Gasteiger partial charge >= 0.3 is 0 Å². The highest BCUT2D eigenvalue weighted by Crippen LogP contribution is 2.41. The number of aromatic nitrogens is 2. The molecule has 0 bridgehead atoms. The Labute approximate surface area is 353 Å². The summed E-state index contributed by atoms with van der Waals surface area (Å²) in [6, 6.07) is 74.9. The van der Waals surface area contributed by atoms with E-state index in [0.29, 0.717) is 18.2 Å². The first-order chi connectivity index (χ1) is 30.2. The van der Waals surface area contributed by atoms with Crippen molar-refractivity contribution in [1.29, 1.82) is 0 Å². The molecule has 5 heteroatoms. The Morgan fingerprint density at radius 2 is 1.10 bits per heavy atom. The molecular weight excluding hydrogens is 743 g/mol. The highest BCUT2D eigenvalue weighted by Gasteiger charge is 2.19. The number of hydrogen-bond acceptors (Lipinski definition) is 1. The van der Waals surface area contributed by atoms with Crippen LogP contribution in [0.5, 0.6) is 0 Å². The van der Waals surface area contributed by atoms with Gasteiger partial charge in [-0.25, -0.2) is 9.98 Å². The minimum absolute atomic E-state index is 0.422. The first-order valence-corrected chi connectivity index (χ1v) is 20.6. The predicted molar refractivity (Wildman–Crippen MR) is 257 cm³/mol. The number of benzene rings is 9. The summed E-state index contributed by atoms with van der Waals surface area (Å²) in [5.74, 6) is 1.11. The first kappa shape index (κ1) is 36.0. The molecule has 2 heterocycles. The Morgan fingerprint density at radius 3 is 1.89 bits per heavy atom. The molecular formula is C56H39N5. The average molecular weight is 782 g/mol. The van der Waals surface area contributed by atoms with Crippen molar-refractivity contribution in [1.82, 2.24) is 9.13 Å². The Kier molecular flexibility index (Phi) is 8.98. The van der Waals surface area contributed by atoms with E-state index in [2.05, 4.69) is 203 Å². The van der Waals surface area contributed by atoms with Gasteiger partial charge in [0, 0.05) is 49.6 Å². The highest BCUT2D eigenvalue weighted by molar-refractivity contribution is 6.23. The van der Waals surface area contributed by atoms with E-state index < -0.39 is 0 Å². The fourth-order valence-electron chi connectivity index (χ4n) is 8.91. The first-order valence-electron chi connectivity index (χ1n) is 20.6. The van der Waals surface area contributed by atoms with Crippen LogP contribution in [0.25, 0.3) is 76.9 Å². The fraction of sp³-hybridized carbons (Fsp3) is 0.0179. The molecule has 0 atom stereocenters. The summed E-state index contributed by atoms with van der Waals surface area (Å²) in [5, 5.41) is 7.33. The lowest BCUT2D eigenvalue weighted by atomic mass is 10.00. The van der Waals surface area contributed by atoms with E-state index in [0.717, 1.165) is 39.1 Å². The van der Waals surface area contributed by atoms with Gasteiger partial charge in [0.2, 0.25) is 0 Å². The molecule has 0 saturated carbocycles. The molecule has 61 heavy (non-hydrogen) atoms. The summed E-state index contributed by atoms with van der Waals surface area (Å²) in [6.07, 6.45) is 0. The zero-order chi connectivity index (χ0) is 40.7. The normalized spacial score (nSPS) is 12.3. The molecule has 0 aliphatic rings. The minimum atomic E-state index is 0.422. The maximum atomic E-state index is 5.25. The largest absolute Gasteiger partial charge is 0.309 e. The van der Waals surface area contributed by atoms with E-state index in [9.17, 15) is 0 Å². The minimum Gasteiger partial charge on any atom is -0.309 e. The van der Waals surface area contributed by atoms with Gasteiger partial charge in [0.25, 0.3) is 0 Å². The second kappa shape index (κ2) is 15.2. The average Bonchev–Trinajstić information content (AvgIpc) is 3.86. The van der Waals surface area contributed by atoms with Gasteiger partial charge < -0.3 is 9.13 Å². The summed E-state index contributed by atoms with van der Waals surface area (Å²) in [6.45, 7) is 4.33. The number of hydrogen-bond donors (Lipinski definition) is 0. The van der Waals surface area contributed by atoms with Crippen LogP contribution in [0.15, 0.2) is 227 Å². The number of amidine groups is 2. The molecule has 0 fully saturated rings. The second-order valence-corrected chi connectivity index (χ2v) is 15.3. The number of nitrogens with zero attached hydrogens (tertiary/aromatic N) is 5. The Bertz CT molecular complexity index is 3490. The van der Waals surface area contributed by atoms with Gasteiger partial charge in [0.1, 0.15) is 0 Å². The molecule has 9 aromatic carbocycles. The highest BCUT2D eigenvalue weighted by atomic mass is 15.0. The molecule has 0 amide bonds. The van der Waals surface area contributed by atoms with E-state index in [4.69, 9.17) is 9.98 Å². The van der Waals surface area contributed by atoms with Gasteiger partial charge in [0.05, 0.1) is 28.6 Å². The van der Waals surface area contributed by atoms with Crippen molar-refractivity contribution in [3.05, 3.63) is 229 Å². The van der Waals surface area contributed by atoms with Crippen LogP contribution in [0.3, 0.4) is 0 Å². The fourth-order valence-corrected chi connectivity index (χ4v) is 8.91. The van der Waals surface area contributed by atoms with Crippen LogP contribution in [0, 0.1) is 0 Å². The lowest BCUT2D eigenvalue weighted by Crippen LogP contribution is -2.06. The third-order valence-electron chi connectivity index (χ3n) is 11.7. The standard InChI is InChI=1S/C56H39N5/c1-57-55(41-19-7-3-8-20-41)59-56(42-30-34-48-47-24-13-14-27-50(47)60(52(48)36-42)43-21-9-4-10-22-43)58-37-38-28-32-44(33-29-38)61-51-35-31-40-18-11-12-23-45(40)53(51)49-26-15-25-46(54(49)61)39-16-5-2-6-17-39/h2-36H,1,37H2/b58-56-,59-55-. The second-order valence-electron chi connectivity index (χ2n) is 15.3. The molecule has 0 unspecified atom stereocenters. The zero-order valence-corrected chi connectivity index (χ0v) is 33.4. The van der Waals surface area contributed by atoms with E-state index in [1.165, 1.54) is 54.5 Å². The number of fused-ring (bicyclic) bond motifs is 8.